The van der Waals surface area contributed by atoms with Crippen LogP contribution in [0.1, 0.15) is 44.1 Å². The maximum absolute atomic E-state index is 12.2. The molecule has 0 saturated carbocycles. The number of aromatic nitrogens is 2. The van der Waals surface area contributed by atoms with Gasteiger partial charge in [-0.2, -0.15) is 8.75 Å². The Labute approximate surface area is 116 Å². The first kappa shape index (κ1) is 13.9. The smallest absolute Gasteiger partial charge is 0.329 e. The SMILES string of the molecule is CC(C)(C)OC(=O)[C@H]1CCCN1C(=O)c1cnsn1. The lowest BCUT2D eigenvalue weighted by Gasteiger charge is -2.26. The highest BCUT2D eigenvalue weighted by Crippen LogP contribution is 2.22. The Morgan fingerprint density at radius 1 is 1.47 bits per heavy atom. The molecule has 0 bridgehead atoms. The number of rotatable bonds is 2. The standard InChI is InChI=1S/C12H17N3O3S/c1-12(2,3)18-11(17)9-5-4-6-15(9)10(16)8-7-13-19-14-8/h7,9H,4-6H2,1-3H3/t9-/m1/s1. The van der Waals surface area contributed by atoms with Gasteiger partial charge in [-0.15, -0.1) is 0 Å². The number of nitrogens with zero attached hydrogens (tertiary/aromatic N) is 3. The largest absolute Gasteiger partial charge is 0.458 e. The first-order valence-electron chi connectivity index (χ1n) is 6.20. The fraction of sp³-hybridized carbons (Fsp3) is 0.667. The molecule has 7 heteroatoms. The molecule has 104 valence electrons. The molecule has 1 saturated heterocycles. The zero-order valence-corrected chi connectivity index (χ0v) is 12.1. The summed E-state index contributed by atoms with van der Waals surface area (Å²) in [5, 5.41) is 0. The van der Waals surface area contributed by atoms with Crippen molar-refractivity contribution < 1.29 is 14.3 Å². The number of ether oxygens (including phenoxy) is 1. The summed E-state index contributed by atoms with van der Waals surface area (Å²) in [4.78, 5) is 25.8. The van der Waals surface area contributed by atoms with Crippen molar-refractivity contribution in [1.82, 2.24) is 13.6 Å². The second-order valence-electron chi connectivity index (χ2n) is 5.48. The van der Waals surface area contributed by atoms with E-state index in [1.54, 1.807) is 0 Å². The van der Waals surface area contributed by atoms with E-state index in [-0.39, 0.29) is 11.9 Å². The summed E-state index contributed by atoms with van der Waals surface area (Å²) in [6, 6.07) is -0.506. The van der Waals surface area contributed by atoms with Crippen molar-refractivity contribution in [3.63, 3.8) is 0 Å². The molecule has 1 aliphatic heterocycles. The van der Waals surface area contributed by atoms with Crippen molar-refractivity contribution in [1.29, 1.82) is 0 Å². The third kappa shape index (κ3) is 3.28. The number of hydrogen-bond donors (Lipinski definition) is 0. The Morgan fingerprint density at radius 2 is 2.21 bits per heavy atom. The van der Waals surface area contributed by atoms with E-state index in [1.807, 2.05) is 20.8 Å². The molecule has 1 aliphatic rings. The molecule has 0 radical (unpaired) electrons. The summed E-state index contributed by atoms with van der Waals surface area (Å²) in [6.45, 7) is 6.00. The van der Waals surface area contributed by atoms with Crippen LogP contribution < -0.4 is 0 Å². The number of esters is 1. The van der Waals surface area contributed by atoms with Gasteiger partial charge in [0.05, 0.1) is 17.9 Å². The van der Waals surface area contributed by atoms with Crippen LogP contribution in [0.2, 0.25) is 0 Å². The maximum atomic E-state index is 12.2. The third-order valence-electron chi connectivity index (χ3n) is 2.77. The van der Waals surface area contributed by atoms with Crippen molar-refractivity contribution in [3.05, 3.63) is 11.9 Å². The number of carbonyl (C=O) groups excluding carboxylic acids is 2. The minimum absolute atomic E-state index is 0.248. The fourth-order valence-corrected chi connectivity index (χ4v) is 2.44. The third-order valence-corrected chi connectivity index (χ3v) is 3.25. The van der Waals surface area contributed by atoms with Gasteiger partial charge in [-0.1, -0.05) is 0 Å². The highest BCUT2D eigenvalue weighted by Gasteiger charge is 2.37. The molecule has 1 atom stereocenters. The Kier molecular flexibility index (Phi) is 3.84. The Hall–Kier alpha value is -1.50. The summed E-state index contributed by atoms with van der Waals surface area (Å²) in [6.07, 6.45) is 2.86. The van der Waals surface area contributed by atoms with Gasteiger partial charge in [0.25, 0.3) is 5.91 Å². The van der Waals surface area contributed by atoms with Gasteiger partial charge in [-0.3, -0.25) is 4.79 Å². The predicted molar refractivity (Wildman–Crippen MR) is 69.8 cm³/mol. The number of carbonyl (C=O) groups is 2. The van der Waals surface area contributed by atoms with Gasteiger partial charge in [0.15, 0.2) is 5.69 Å². The van der Waals surface area contributed by atoms with Crippen molar-refractivity contribution in [2.75, 3.05) is 6.54 Å². The molecular weight excluding hydrogens is 266 g/mol. The molecule has 0 aliphatic carbocycles. The molecule has 0 unspecified atom stereocenters. The molecule has 0 spiro atoms. The molecule has 1 fully saturated rings. The van der Waals surface area contributed by atoms with Crippen LogP contribution in [0.5, 0.6) is 0 Å². The second kappa shape index (κ2) is 5.24. The van der Waals surface area contributed by atoms with Crippen molar-refractivity contribution in [2.24, 2.45) is 0 Å². The van der Waals surface area contributed by atoms with E-state index < -0.39 is 11.6 Å². The molecule has 19 heavy (non-hydrogen) atoms. The minimum Gasteiger partial charge on any atom is -0.458 e. The summed E-state index contributed by atoms with van der Waals surface area (Å²) in [5.74, 6) is -0.594. The monoisotopic (exact) mass is 283 g/mol. The quantitative estimate of drug-likeness (QED) is 0.769. The normalized spacial score (nSPS) is 19.5. The van der Waals surface area contributed by atoms with E-state index >= 15 is 0 Å². The van der Waals surface area contributed by atoms with Crippen LogP contribution in [0.4, 0.5) is 0 Å². The van der Waals surface area contributed by atoms with Crippen LogP contribution in [0.15, 0.2) is 6.20 Å². The van der Waals surface area contributed by atoms with Crippen LogP contribution in [-0.4, -0.2) is 43.7 Å². The van der Waals surface area contributed by atoms with E-state index in [0.29, 0.717) is 18.7 Å². The molecule has 0 N–H and O–H groups in total. The highest BCUT2D eigenvalue weighted by molar-refractivity contribution is 6.99. The van der Waals surface area contributed by atoms with Gasteiger partial charge in [0, 0.05) is 6.54 Å². The average Bonchev–Trinajstić information content (AvgIpc) is 2.97. The van der Waals surface area contributed by atoms with Gasteiger partial charge < -0.3 is 9.64 Å². The van der Waals surface area contributed by atoms with Crippen LogP contribution in [0.25, 0.3) is 0 Å². The number of likely N-dealkylation sites (tertiary alicyclic amines) is 1. The molecule has 0 aromatic carbocycles. The predicted octanol–water partition coefficient (Wildman–Crippen LogP) is 1.48. The van der Waals surface area contributed by atoms with Gasteiger partial charge >= 0.3 is 5.97 Å². The van der Waals surface area contributed by atoms with E-state index in [0.717, 1.165) is 18.1 Å². The van der Waals surface area contributed by atoms with Gasteiger partial charge in [-0.25, -0.2) is 4.79 Å². The second-order valence-corrected chi connectivity index (χ2v) is 6.04. The van der Waals surface area contributed by atoms with Gasteiger partial charge in [-0.05, 0) is 33.6 Å². The molecule has 6 nitrogen and oxygen atoms in total. The van der Waals surface area contributed by atoms with Crippen molar-refractivity contribution in [3.8, 4) is 0 Å². The first-order chi connectivity index (χ1) is 8.88. The van der Waals surface area contributed by atoms with E-state index in [9.17, 15) is 9.59 Å². The molecule has 2 rings (SSSR count). The zero-order valence-electron chi connectivity index (χ0n) is 11.3. The lowest BCUT2D eigenvalue weighted by atomic mass is 10.1. The Balaban J connectivity index is 2.09. The van der Waals surface area contributed by atoms with Gasteiger partial charge in [0.1, 0.15) is 11.6 Å². The van der Waals surface area contributed by atoms with Crippen LogP contribution >= 0.6 is 11.7 Å². The molecule has 1 aromatic heterocycles. The maximum Gasteiger partial charge on any atom is 0.329 e. The highest BCUT2D eigenvalue weighted by atomic mass is 32.1. The Morgan fingerprint density at radius 3 is 2.79 bits per heavy atom. The lowest BCUT2D eigenvalue weighted by Crippen LogP contribution is -2.43. The lowest BCUT2D eigenvalue weighted by molar-refractivity contribution is -0.159. The number of hydrogen-bond acceptors (Lipinski definition) is 6. The Bertz CT molecular complexity index is 467. The van der Waals surface area contributed by atoms with E-state index in [1.165, 1.54) is 11.1 Å². The zero-order chi connectivity index (χ0) is 14.0. The van der Waals surface area contributed by atoms with E-state index in [4.69, 9.17) is 4.74 Å². The fourth-order valence-electron chi connectivity index (χ4n) is 2.03. The minimum atomic E-state index is -0.545. The number of amides is 1. The average molecular weight is 283 g/mol. The van der Waals surface area contributed by atoms with Crippen molar-refractivity contribution >= 4 is 23.6 Å². The summed E-state index contributed by atoms with van der Waals surface area (Å²) >= 11 is 0.983. The van der Waals surface area contributed by atoms with Gasteiger partial charge in [0.2, 0.25) is 0 Å². The topological polar surface area (TPSA) is 72.4 Å². The van der Waals surface area contributed by atoms with E-state index in [2.05, 4.69) is 8.75 Å². The van der Waals surface area contributed by atoms with Crippen molar-refractivity contribution in [2.45, 2.75) is 45.3 Å². The molecule has 2 heterocycles. The van der Waals surface area contributed by atoms with Crippen LogP contribution in [0, 0.1) is 0 Å². The summed E-state index contributed by atoms with van der Waals surface area (Å²) < 4.78 is 13.1. The van der Waals surface area contributed by atoms with Crippen LogP contribution in [-0.2, 0) is 9.53 Å². The first-order valence-corrected chi connectivity index (χ1v) is 6.93. The summed E-state index contributed by atoms with van der Waals surface area (Å²) in [7, 11) is 0. The summed E-state index contributed by atoms with van der Waals surface area (Å²) in [5.41, 5.74) is -0.253. The van der Waals surface area contributed by atoms with Crippen LogP contribution in [0.3, 0.4) is 0 Å². The molecule has 1 aromatic rings. The molecular formula is C12H17N3O3S. The molecule has 1 amide bonds.